The summed E-state index contributed by atoms with van der Waals surface area (Å²) in [5.41, 5.74) is 1.13. The van der Waals surface area contributed by atoms with Crippen molar-refractivity contribution in [1.82, 2.24) is 15.3 Å². The molecule has 31 heavy (non-hydrogen) atoms. The normalized spacial score (nSPS) is 15.4. The first-order valence-corrected chi connectivity index (χ1v) is 11.2. The van der Waals surface area contributed by atoms with E-state index < -0.39 is 12.6 Å². The number of piperidine rings is 1. The Morgan fingerprint density at radius 3 is 2.55 bits per heavy atom. The molecule has 5 nitrogen and oxygen atoms in total. The molecule has 2 aromatic heterocycles. The van der Waals surface area contributed by atoms with E-state index in [4.69, 9.17) is 9.72 Å². The van der Waals surface area contributed by atoms with Gasteiger partial charge in [0.15, 0.2) is 0 Å². The number of nitrogens with zero attached hydrogens (tertiary/aromatic N) is 2. The van der Waals surface area contributed by atoms with Gasteiger partial charge in [-0.3, -0.25) is 0 Å². The molecule has 1 aliphatic rings. The number of nitrogens with one attached hydrogen (secondary N) is 2. The molecule has 166 valence electrons. The first-order chi connectivity index (χ1) is 14.9. The maximum atomic E-state index is 12.9. The van der Waals surface area contributed by atoms with Gasteiger partial charge in [-0.2, -0.15) is 13.2 Å². The topological polar surface area (TPSA) is 59.1 Å². The summed E-state index contributed by atoms with van der Waals surface area (Å²) >= 11 is 1.10. The van der Waals surface area contributed by atoms with Crippen LogP contribution in [0.3, 0.4) is 0 Å². The second kappa shape index (κ2) is 9.40. The van der Waals surface area contributed by atoms with Crippen LogP contribution in [0.4, 0.5) is 19.0 Å². The Hall–Kier alpha value is -2.39. The molecular weight excluding hydrogens is 425 g/mol. The van der Waals surface area contributed by atoms with E-state index in [9.17, 15) is 13.2 Å². The van der Waals surface area contributed by atoms with Crippen molar-refractivity contribution in [1.29, 1.82) is 0 Å². The van der Waals surface area contributed by atoms with Crippen molar-refractivity contribution in [3.63, 3.8) is 0 Å². The monoisotopic (exact) mass is 450 g/mol. The number of benzene rings is 1. The number of halogens is 3. The largest absolute Gasteiger partial charge is 0.497 e. The first kappa shape index (κ1) is 21.8. The molecule has 0 atom stereocenters. The lowest BCUT2D eigenvalue weighted by Gasteiger charge is -2.24. The summed E-state index contributed by atoms with van der Waals surface area (Å²) in [5, 5.41) is 7.47. The lowest BCUT2D eigenvalue weighted by atomic mass is 10.1. The molecule has 1 saturated heterocycles. The second-order valence-electron chi connectivity index (χ2n) is 7.73. The van der Waals surface area contributed by atoms with Crippen LogP contribution in [0.25, 0.3) is 10.2 Å². The molecule has 3 heterocycles. The van der Waals surface area contributed by atoms with Crippen molar-refractivity contribution in [3.8, 4) is 5.75 Å². The molecule has 0 saturated carbocycles. The fourth-order valence-electron chi connectivity index (χ4n) is 3.73. The Bertz CT molecular complexity index is 1010. The Balaban J connectivity index is 1.59. The molecule has 0 radical (unpaired) electrons. The highest BCUT2D eigenvalue weighted by molar-refractivity contribution is 7.18. The minimum Gasteiger partial charge on any atom is -0.497 e. The van der Waals surface area contributed by atoms with Gasteiger partial charge in [-0.1, -0.05) is 12.1 Å². The van der Waals surface area contributed by atoms with Crippen LogP contribution in [0, 0.1) is 0 Å². The third-order valence-electron chi connectivity index (χ3n) is 5.34. The minimum atomic E-state index is -4.24. The number of fused-ring (bicyclic) bond motifs is 1. The predicted octanol–water partition coefficient (Wildman–Crippen LogP) is 4.75. The van der Waals surface area contributed by atoms with E-state index in [2.05, 4.69) is 15.6 Å². The maximum Gasteiger partial charge on any atom is 0.393 e. The number of ether oxygens (including phenoxy) is 1. The van der Waals surface area contributed by atoms with E-state index >= 15 is 0 Å². The van der Waals surface area contributed by atoms with Crippen LogP contribution >= 0.6 is 11.3 Å². The van der Waals surface area contributed by atoms with Crippen LogP contribution < -0.4 is 15.4 Å². The Kier molecular flexibility index (Phi) is 6.62. The van der Waals surface area contributed by atoms with Crippen LogP contribution in [0.1, 0.15) is 29.1 Å². The summed E-state index contributed by atoms with van der Waals surface area (Å²) in [4.78, 5) is 10.2. The molecule has 0 bridgehead atoms. The SMILES string of the molecule is COc1ccc(CCc2nc(NC3CCNCC3)c3cc(CC(F)(F)F)sc3n2)cc1. The lowest BCUT2D eigenvalue weighted by molar-refractivity contribution is -0.126. The summed E-state index contributed by atoms with van der Waals surface area (Å²) in [7, 11) is 1.63. The molecule has 0 aliphatic carbocycles. The van der Waals surface area contributed by atoms with Crippen molar-refractivity contribution in [2.75, 3.05) is 25.5 Å². The van der Waals surface area contributed by atoms with Gasteiger partial charge in [-0.05, 0) is 56.1 Å². The van der Waals surface area contributed by atoms with E-state index in [0.717, 1.165) is 55.0 Å². The fourth-order valence-corrected chi connectivity index (χ4v) is 4.81. The Morgan fingerprint density at radius 2 is 1.87 bits per heavy atom. The predicted molar refractivity (Wildman–Crippen MR) is 117 cm³/mol. The highest BCUT2D eigenvalue weighted by atomic mass is 32.1. The van der Waals surface area contributed by atoms with Crippen LogP contribution in [-0.2, 0) is 19.3 Å². The van der Waals surface area contributed by atoms with E-state index in [1.54, 1.807) is 13.2 Å². The minimum absolute atomic E-state index is 0.250. The van der Waals surface area contributed by atoms with Gasteiger partial charge in [0, 0.05) is 17.3 Å². The van der Waals surface area contributed by atoms with Crippen molar-refractivity contribution in [3.05, 3.63) is 46.6 Å². The zero-order valence-corrected chi connectivity index (χ0v) is 18.1. The van der Waals surface area contributed by atoms with Gasteiger partial charge in [0.25, 0.3) is 0 Å². The highest BCUT2D eigenvalue weighted by Crippen LogP contribution is 2.33. The quantitative estimate of drug-likeness (QED) is 0.544. The lowest BCUT2D eigenvalue weighted by Crippen LogP contribution is -2.35. The van der Waals surface area contributed by atoms with E-state index in [1.165, 1.54) is 0 Å². The number of thiophene rings is 1. The van der Waals surface area contributed by atoms with Gasteiger partial charge < -0.3 is 15.4 Å². The van der Waals surface area contributed by atoms with Crippen molar-refractivity contribution < 1.29 is 17.9 Å². The number of hydrogen-bond donors (Lipinski definition) is 2. The molecule has 3 aromatic rings. The van der Waals surface area contributed by atoms with Crippen LogP contribution in [0.15, 0.2) is 30.3 Å². The number of aromatic nitrogens is 2. The number of alkyl halides is 3. The maximum absolute atomic E-state index is 12.9. The summed E-state index contributed by atoms with van der Waals surface area (Å²) in [6.07, 6.45) is -1.94. The fraction of sp³-hybridized carbons (Fsp3) is 0.455. The van der Waals surface area contributed by atoms with Crippen LogP contribution in [0.5, 0.6) is 5.75 Å². The molecule has 0 spiro atoms. The summed E-state index contributed by atoms with van der Waals surface area (Å²) in [6, 6.07) is 9.65. The average molecular weight is 451 g/mol. The number of hydrogen-bond acceptors (Lipinski definition) is 6. The van der Waals surface area contributed by atoms with Gasteiger partial charge >= 0.3 is 6.18 Å². The summed E-state index contributed by atoms with van der Waals surface area (Å²) < 4.78 is 44.0. The molecule has 0 amide bonds. The van der Waals surface area contributed by atoms with E-state index in [0.29, 0.717) is 28.3 Å². The van der Waals surface area contributed by atoms with Gasteiger partial charge in [0.2, 0.25) is 0 Å². The molecule has 1 aliphatic heterocycles. The average Bonchev–Trinajstić information content (AvgIpc) is 3.14. The molecule has 1 aromatic carbocycles. The molecule has 0 unspecified atom stereocenters. The number of aryl methyl sites for hydroxylation is 2. The molecular formula is C22H25F3N4OS. The number of methoxy groups -OCH3 is 1. The Morgan fingerprint density at radius 1 is 1.13 bits per heavy atom. The zero-order valence-electron chi connectivity index (χ0n) is 17.3. The first-order valence-electron chi connectivity index (χ1n) is 10.4. The van der Waals surface area contributed by atoms with Gasteiger partial charge in [-0.25, -0.2) is 9.97 Å². The third-order valence-corrected chi connectivity index (χ3v) is 6.37. The second-order valence-corrected chi connectivity index (χ2v) is 8.84. The zero-order chi connectivity index (χ0) is 21.8. The van der Waals surface area contributed by atoms with Gasteiger partial charge in [0.05, 0.1) is 18.9 Å². The number of anilines is 1. The Labute approximate surface area is 183 Å². The molecule has 9 heteroatoms. The standard InChI is InChI=1S/C22H25F3N4OS/c1-30-16-5-2-14(3-6-16)4-7-19-28-20(27-15-8-10-26-11-9-15)18-12-17(13-22(23,24)25)31-21(18)29-19/h2-3,5-6,12,15,26H,4,7-11,13H2,1H3,(H,27,28,29). The molecule has 4 rings (SSSR count). The molecule has 1 fully saturated rings. The van der Waals surface area contributed by atoms with Gasteiger partial charge in [-0.15, -0.1) is 11.3 Å². The van der Waals surface area contributed by atoms with E-state index in [-0.39, 0.29) is 10.9 Å². The summed E-state index contributed by atoms with van der Waals surface area (Å²) in [6.45, 7) is 1.83. The number of rotatable bonds is 7. The molecule has 2 N–H and O–H groups in total. The van der Waals surface area contributed by atoms with Crippen LogP contribution in [0.2, 0.25) is 0 Å². The van der Waals surface area contributed by atoms with Gasteiger partial charge in [0.1, 0.15) is 22.2 Å². The highest BCUT2D eigenvalue weighted by Gasteiger charge is 2.29. The third kappa shape index (κ3) is 5.86. The van der Waals surface area contributed by atoms with E-state index in [1.807, 2.05) is 24.3 Å². The van der Waals surface area contributed by atoms with Crippen molar-refractivity contribution >= 4 is 27.4 Å². The smallest absolute Gasteiger partial charge is 0.393 e. The van der Waals surface area contributed by atoms with Crippen LogP contribution in [-0.4, -0.2) is 42.4 Å². The van der Waals surface area contributed by atoms with Crippen molar-refractivity contribution in [2.24, 2.45) is 0 Å². The van der Waals surface area contributed by atoms with Crippen molar-refractivity contribution in [2.45, 2.75) is 44.3 Å². The summed E-state index contributed by atoms with van der Waals surface area (Å²) in [5.74, 6) is 2.08.